The minimum absolute atomic E-state index is 0.0185. The van der Waals surface area contributed by atoms with Crippen LogP contribution < -0.4 is 9.64 Å². The largest absolute Gasteiger partial charge is 0.457 e. The number of nitrogens with zero attached hydrogens (tertiary/aromatic N) is 4. The number of esters is 1. The van der Waals surface area contributed by atoms with E-state index in [0.29, 0.717) is 34.0 Å². The second-order valence-corrected chi connectivity index (χ2v) is 8.20. The molecule has 4 aromatic carbocycles. The normalized spacial score (nSPS) is 10.8. The summed E-state index contributed by atoms with van der Waals surface area (Å²) in [6.45, 7) is 0.0216. The van der Waals surface area contributed by atoms with Gasteiger partial charge in [-0.3, -0.25) is 10.1 Å². The average molecular weight is 497 g/mol. The summed E-state index contributed by atoms with van der Waals surface area (Å²) in [5.74, 6) is 0.437. The van der Waals surface area contributed by atoms with Crippen molar-refractivity contribution >= 4 is 28.7 Å². The number of hydrogen-bond acceptors (Lipinski definition) is 8. The molecule has 0 aliphatic rings. The predicted molar refractivity (Wildman–Crippen MR) is 140 cm³/mol. The van der Waals surface area contributed by atoms with Crippen LogP contribution in [0.4, 0.5) is 22.7 Å². The van der Waals surface area contributed by atoms with Crippen molar-refractivity contribution in [3.63, 3.8) is 0 Å². The van der Waals surface area contributed by atoms with E-state index in [-0.39, 0.29) is 12.3 Å². The van der Waals surface area contributed by atoms with Gasteiger partial charge >= 0.3 is 5.97 Å². The number of nitro benzene ring substituents is 1. The molecule has 9 nitrogen and oxygen atoms in total. The summed E-state index contributed by atoms with van der Waals surface area (Å²) in [5, 5.41) is 19.3. The van der Waals surface area contributed by atoms with Crippen molar-refractivity contribution in [1.29, 1.82) is 0 Å². The molecule has 37 heavy (non-hydrogen) atoms. The first-order valence-electron chi connectivity index (χ1n) is 11.4. The molecule has 0 saturated carbocycles. The molecule has 0 bridgehead atoms. The van der Waals surface area contributed by atoms with Gasteiger partial charge in [-0.2, -0.15) is 5.11 Å². The van der Waals surface area contributed by atoms with Crippen molar-refractivity contribution in [1.82, 2.24) is 0 Å². The van der Waals surface area contributed by atoms with Crippen molar-refractivity contribution in [2.24, 2.45) is 10.2 Å². The van der Waals surface area contributed by atoms with E-state index in [0.717, 1.165) is 5.69 Å². The first kappa shape index (κ1) is 25.1. The van der Waals surface area contributed by atoms with Gasteiger partial charge in [-0.05, 0) is 66.2 Å². The van der Waals surface area contributed by atoms with Crippen LogP contribution in [0.2, 0.25) is 0 Å². The predicted octanol–water partition coefficient (Wildman–Crippen LogP) is 7.23. The quantitative estimate of drug-likeness (QED) is 0.105. The molecule has 4 aromatic rings. The maximum Gasteiger partial charge on any atom is 0.340 e. The number of non-ortho nitro benzene ring substituents is 1. The Morgan fingerprint density at radius 1 is 0.865 bits per heavy atom. The highest BCUT2D eigenvalue weighted by molar-refractivity contribution is 5.94. The van der Waals surface area contributed by atoms with E-state index in [1.54, 1.807) is 48.5 Å². The lowest BCUT2D eigenvalue weighted by molar-refractivity contribution is -0.384. The molecule has 0 heterocycles. The van der Waals surface area contributed by atoms with Crippen molar-refractivity contribution < 1.29 is 19.2 Å². The van der Waals surface area contributed by atoms with E-state index in [1.807, 2.05) is 43.3 Å². The summed E-state index contributed by atoms with van der Waals surface area (Å²) in [5.41, 5.74) is 3.11. The zero-order chi connectivity index (χ0) is 26.2. The van der Waals surface area contributed by atoms with Crippen LogP contribution in [0.15, 0.2) is 107 Å². The van der Waals surface area contributed by atoms with E-state index in [9.17, 15) is 14.9 Å². The Kier molecular flexibility index (Phi) is 7.85. The number of nitro groups is 1. The van der Waals surface area contributed by atoms with E-state index in [4.69, 9.17) is 9.47 Å². The molecule has 186 valence electrons. The Bertz CT molecular complexity index is 1420. The summed E-state index contributed by atoms with van der Waals surface area (Å²) in [7, 11) is 3.92. The average Bonchev–Trinajstić information content (AvgIpc) is 2.91. The second kappa shape index (κ2) is 11.6. The van der Waals surface area contributed by atoms with Crippen LogP contribution in [0.25, 0.3) is 0 Å². The van der Waals surface area contributed by atoms with Crippen LogP contribution in [0.3, 0.4) is 0 Å². The molecule has 0 aliphatic heterocycles. The Hall–Kier alpha value is -5.05. The van der Waals surface area contributed by atoms with Gasteiger partial charge in [0.25, 0.3) is 5.69 Å². The van der Waals surface area contributed by atoms with Crippen LogP contribution >= 0.6 is 0 Å². The number of anilines is 1. The molecule has 0 aliphatic carbocycles. The number of benzene rings is 4. The Morgan fingerprint density at radius 3 is 2.30 bits per heavy atom. The van der Waals surface area contributed by atoms with Gasteiger partial charge < -0.3 is 14.4 Å². The second-order valence-electron chi connectivity index (χ2n) is 8.20. The van der Waals surface area contributed by atoms with Gasteiger partial charge in [0.1, 0.15) is 23.8 Å². The van der Waals surface area contributed by atoms with E-state index in [1.165, 1.54) is 24.3 Å². The summed E-state index contributed by atoms with van der Waals surface area (Å²) in [4.78, 5) is 25.1. The lowest BCUT2D eigenvalue weighted by atomic mass is 10.2. The summed E-state index contributed by atoms with van der Waals surface area (Å²) >= 11 is 0. The lowest BCUT2D eigenvalue weighted by Gasteiger charge is -2.11. The molecule has 0 unspecified atom stereocenters. The minimum atomic E-state index is -0.529. The summed E-state index contributed by atoms with van der Waals surface area (Å²) in [6, 6.07) is 27.3. The molecular weight excluding hydrogens is 472 g/mol. The van der Waals surface area contributed by atoms with Crippen molar-refractivity contribution in [3.05, 3.63) is 118 Å². The molecule has 0 radical (unpaired) electrons. The SMILES string of the molecule is CN(C)c1ccc(N=Nc2ccccc2C(=O)OCc2cccc(Oc3ccc([N+](=O)[O-])cc3)c2)cc1. The Labute approximate surface area is 213 Å². The first-order valence-corrected chi connectivity index (χ1v) is 11.4. The fourth-order valence-electron chi connectivity index (χ4n) is 3.36. The highest BCUT2D eigenvalue weighted by Gasteiger charge is 2.13. The Balaban J connectivity index is 1.40. The van der Waals surface area contributed by atoms with E-state index >= 15 is 0 Å². The highest BCUT2D eigenvalue weighted by atomic mass is 16.6. The molecule has 0 saturated heterocycles. The van der Waals surface area contributed by atoms with Crippen LogP contribution in [0.1, 0.15) is 15.9 Å². The van der Waals surface area contributed by atoms with Gasteiger partial charge in [-0.15, -0.1) is 5.11 Å². The lowest BCUT2D eigenvalue weighted by Crippen LogP contribution is -2.07. The van der Waals surface area contributed by atoms with Crippen LogP contribution in [0.5, 0.6) is 11.5 Å². The first-order chi connectivity index (χ1) is 17.9. The smallest absolute Gasteiger partial charge is 0.340 e. The molecule has 9 heteroatoms. The maximum atomic E-state index is 12.8. The van der Waals surface area contributed by atoms with Gasteiger partial charge in [0, 0.05) is 31.9 Å². The fourth-order valence-corrected chi connectivity index (χ4v) is 3.36. The summed E-state index contributed by atoms with van der Waals surface area (Å²) < 4.78 is 11.3. The minimum Gasteiger partial charge on any atom is -0.457 e. The van der Waals surface area contributed by atoms with Crippen LogP contribution in [-0.2, 0) is 11.3 Å². The maximum absolute atomic E-state index is 12.8. The molecule has 0 amide bonds. The van der Waals surface area contributed by atoms with Crippen molar-refractivity contribution in [3.8, 4) is 11.5 Å². The van der Waals surface area contributed by atoms with Crippen molar-refractivity contribution in [2.45, 2.75) is 6.61 Å². The third-order valence-electron chi connectivity index (χ3n) is 5.31. The molecule has 0 spiro atoms. The van der Waals surface area contributed by atoms with Crippen LogP contribution in [-0.4, -0.2) is 25.0 Å². The number of ether oxygens (including phenoxy) is 2. The van der Waals surface area contributed by atoms with Gasteiger partial charge in [0.2, 0.25) is 0 Å². The van der Waals surface area contributed by atoms with E-state index < -0.39 is 10.9 Å². The standard InChI is InChI=1S/C28H24N4O5/c1-31(2)22-12-10-21(11-13-22)29-30-27-9-4-3-8-26(27)28(33)36-19-20-6-5-7-25(18-20)37-24-16-14-23(15-17-24)32(34)35/h3-18H,19H2,1-2H3. The highest BCUT2D eigenvalue weighted by Crippen LogP contribution is 2.27. The number of carbonyl (C=O) groups is 1. The number of azo groups is 1. The molecule has 0 atom stereocenters. The zero-order valence-corrected chi connectivity index (χ0v) is 20.3. The molecule has 4 rings (SSSR count). The molecule has 0 N–H and O–H groups in total. The monoisotopic (exact) mass is 496 g/mol. The van der Waals surface area contributed by atoms with Crippen molar-refractivity contribution in [2.75, 3.05) is 19.0 Å². The van der Waals surface area contributed by atoms with Crippen LogP contribution in [0, 0.1) is 10.1 Å². The van der Waals surface area contributed by atoms with Gasteiger partial charge in [-0.1, -0.05) is 24.3 Å². The Morgan fingerprint density at radius 2 is 1.59 bits per heavy atom. The van der Waals surface area contributed by atoms with Gasteiger partial charge in [-0.25, -0.2) is 4.79 Å². The van der Waals surface area contributed by atoms with E-state index in [2.05, 4.69) is 10.2 Å². The fraction of sp³-hybridized carbons (Fsp3) is 0.107. The third kappa shape index (κ3) is 6.76. The third-order valence-corrected chi connectivity index (χ3v) is 5.31. The number of rotatable bonds is 9. The molecular formula is C28H24N4O5. The number of hydrogen-bond donors (Lipinski definition) is 0. The van der Waals surface area contributed by atoms with Gasteiger partial charge in [0.15, 0.2) is 0 Å². The molecule has 0 aromatic heterocycles. The zero-order valence-electron chi connectivity index (χ0n) is 20.3. The molecule has 0 fully saturated rings. The topological polar surface area (TPSA) is 107 Å². The number of carbonyl (C=O) groups excluding carboxylic acids is 1. The van der Waals surface area contributed by atoms with Gasteiger partial charge in [0.05, 0.1) is 16.2 Å². The summed E-state index contributed by atoms with van der Waals surface area (Å²) in [6.07, 6.45) is 0.